The molecule has 1 amide bonds. The van der Waals surface area contributed by atoms with Crippen LogP contribution in [0.2, 0.25) is 0 Å². The van der Waals surface area contributed by atoms with Crippen molar-refractivity contribution < 1.29 is 19.1 Å². The van der Waals surface area contributed by atoms with Crippen molar-refractivity contribution in [3.8, 4) is 5.75 Å². The second-order valence-corrected chi connectivity index (χ2v) is 8.06. The lowest BCUT2D eigenvalue weighted by atomic mass is 9.93. The van der Waals surface area contributed by atoms with Gasteiger partial charge >= 0.3 is 5.97 Å². The molecule has 144 valence electrons. The number of anilines is 1. The number of piperidine rings is 1. The third-order valence-electron chi connectivity index (χ3n) is 5.43. The van der Waals surface area contributed by atoms with Crippen molar-refractivity contribution in [2.24, 2.45) is 11.8 Å². The zero-order valence-electron chi connectivity index (χ0n) is 15.5. The third-order valence-corrected chi connectivity index (χ3v) is 6.51. The lowest BCUT2D eigenvalue weighted by Gasteiger charge is -2.41. The molecule has 0 bridgehead atoms. The van der Waals surface area contributed by atoms with Crippen LogP contribution in [-0.4, -0.2) is 62.2 Å². The highest BCUT2D eigenvalue weighted by molar-refractivity contribution is 7.22. The van der Waals surface area contributed by atoms with Crippen molar-refractivity contribution >= 4 is 38.6 Å². The molecule has 0 unspecified atom stereocenters. The maximum Gasteiger partial charge on any atom is 0.308 e. The molecule has 1 aromatic carbocycles. The maximum atomic E-state index is 12.7. The average Bonchev–Trinajstić information content (AvgIpc) is 3.08. The minimum Gasteiger partial charge on any atom is -0.497 e. The summed E-state index contributed by atoms with van der Waals surface area (Å²) in [6.07, 6.45) is 1.38. The summed E-state index contributed by atoms with van der Waals surface area (Å²) >= 11 is 1.62. The number of rotatable bonds is 4. The number of esters is 1. The fourth-order valence-electron chi connectivity index (χ4n) is 3.71. The molecule has 2 saturated heterocycles. The summed E-state index contributed by atoms with van der Waals surface area (Å²) in [6, 6.07) is 5.86. The molecule has 0 N–H and O–H groups in total. The van der Waals surface area contributed by atoms with Crippen LogP contribution in [0.15, 0.2) is 18.2 Å². The fourth-order valence-corrected chi connectivity index (χ4v) is 4.72. The van der Waals surface area contributed by atoms with Crippen LogP contribution >= 0.6 is 11.3 Å². The topological polar surface area (TPSA) is 72.0 Å². The van der Waals surface area contributed by atoms with Crippen molar-refractivity contribution in [3.05, 3.63) is 18.2 Å². The fraction of sp³-hybridized carbons (Fsp3) is 0.526. The first-order valence-corrected chi connectivity index (χ1v) is 9.97. The van der Waals surface area contributed by atoms with Gasteiger partial charge in [0, 0.05) is 26.2 Å². The van der Waals surface area contributed by atoms with Crippen LogP contribution in [0, 0.1) is 11.8 Å². The maximum absolute atomic E-state index is 12.7. The van der Waals surface area contributed by atoms with E-state index in [1.54, 1.807) is 18.4 Å². The number of benzene rings is 1. The summed E-state index contributed by atoms with van der Waals surface area (Å²) in [5.41, 5.74) is 0.954. The normalized spacial score (nSPS) is 18.4. The minimum atomic E-state index is -0.163. The number of amides is 1. The Bertz CT molecular complexity index is 854. The number of fused-ring (bicyclic) bond motifs is 1. The minimum absolute atomic E-state index is 0.0150. The number of aromatic nitrogens is 1. The van der Waals surface area contributed by atoms with Crippen molar-refractivity contribution in [2.75, 3.05) is 45.3 Å². The van der Waals surface area contributed by atoms with Gasteiger partial charge in [-0.3, -0.25) is 9.59 Å². The van der Waals surface area contributed by atoms with Crippen LogP contribution in [0.4, 0.5) is 5.13 Å². The van der Waals surface area contributed by atoms with E-state index in [1.807, 2.05) is 23.1 Å². The van der Waals surface area contributed by atoms with Gasteiger partial charge in [-0.1, -0.05) is 11.3 Å². The Hall–Kier alpha value is -2.35. The van der Waals surface area contributed by atoms with E-state index >= 15 is 0 Å². The summed E-state index contributed by atoms with van der Waals surface area (Å²) in [4.78, 5) is 33.0. The second-order valence-electron chi connectivity index (χ2n) is 7.05. The highest BCUT2D eigenvalue weighted by atomic mass is 32.1. The van der Waals surface area contributed by atoms with E-state index in [0.717, 1.165) is 21.1 Å². The first-order valence-electron chi connectivity index (χ1n) is 9.15. The molecule has 8 heteroatoms. The van der Waals surface area contributed by atoms with Crippen LogP contribution in [0.5, 0.6) is 5.75 Å². The SMILES string of the molecule is COC(=O)C1CCN(C(=O)C2CN(c3nc4ccc(OC)cc4s3)C2)CC1. The predicted octanol–water partition coefficient (Wildman–Crippen LogP) is 2.15. The van der Waals surface area contributed by atoms with Crippen molar-refractivity contribution in [1.29, 1.82) is 0 Å². The van der Waals surface area contributed by atoms with Crippen LogP contribution in [0.3, 0.4) is 0 Å². The smallest absolute Gasteiger partial charge is 0.308 e. The molecule has 0 atom stereocenters. The van der Waals surface area contributed by atoms with Gasteiger partial charge in [-0.05, 0) is 31.0 Å². The predicted molar refractivity (Wildman–Crippen MR) is 103 cm³/mol. The Morgan fingerprint density at radius 1 is 1.15 bits per heavy atom. The zero-order chi connectivity index (χ0) is 19.0. The van der Waals surface area contributed by atoms with E-state index < -0.39 is 0 Å². The molecule has 0 aliphatic carbocycles. The molecule has 3 heterocycles. The average molecular weight is 389 g/mol. The molecule has 1 aromatic heterocycles. The third kappa shape index (κ3) is 3.45. The van der Waals surface area contributed by atoms with E-state index in [0.29, 0.717) is 39.0 Å². The second kappa shape index (κ2) is 7.34. The summed E-state index contributed by atoms with van der Waals surface area (Å²) in [6.45, 7) is 2.67. The molecule has 0 radical (unpaired) electrons. The highest BCUT2D eigenvalue weighted by Crippen LogP contribution is 2.35. The van der Waals surface area contributed by atoms with Crippen LogP contribution < -0.4 is 9.64 Å². The number of carbonyl (C=O) groups is 2. The molecule has 7 nitrogen and oxygen atoms in total. The Balaban J connectivity index is 1.33. The summed E-state index contributed by atoms with van der Waals surface area (Å²) in [5.74, 6) is 0.796. The lowest BCUT2D eigenvalue weighted by Crippen LogP contribution is -2.56. The molecular formula is C19H23N3O4S. The van der Waals surface area contributed by atoms with E-state index in [2.05, 4.69) is 9.88 Å². The number of carbonyl (C=O) groups excluding carboxylic acids is 2. The highest BCUT2D eigenvalue weighted by Gasteiger charge is 2.38. The number of likely N-dealkylation sites (tertiary alicyclic amines) is 1. The van der Waals surface area contributed by atoms with E-state index in [9.17, 15) is 9.59 Å². The van der Waals surface area contributed by atoms with E-state index in [4.69, 9.17) is 9.47 Å². The number of nitrogens with zero attached hydrogens (tertiary/aromatic N) is 3. The lowest BCUT2D eigenvalue weighted by molar-refractivity contribution is -0.149. The molecule has 2 aromatic rings. The number of methoxy groups -OCH3 is 2. The van der Waals surface area contributed by atoms with Crippen LogP contribution in [0.1, 0.15) is 12.8 Å². The van der Waals surface area contributed by atoms with Crippen molar-refractivity contribution in [1.82, 2.24) is 9.88 Å². The first kappa shape index (κ1) is 18.0. The molecule has 0 saturated carbocycles. The quantitative estimate of drug-likeness (QED) is 0.746. The molecule has 2 aliphatic heterocycles. The standard InChI is InChI=1S/C19H23N3O4S/c1-25-14-3-4-15-16(9-14)27-19(20-15)22-10-13(11-22)17(23)21-7-5-12(6-8-21)18(24)26-2/h3-4,9,12-13H,5-8,10-11H2,1-2H3. The number of thiazole rings is 1. The molecule has 2 fully saturated rings. The molecular weight excluding hydrogens is 366 g/mol. The van der Waals surface area contributed by atoms with Gasteiger partial charge < -0.3 is 19.3 Å². The molecule has 0 spiro atoms. The van der Waals surface area contributed by atoms with Gasteiger partial charge in [-0.15, -0.1) is 0 Å². The number of hydrogen-bond donors (Lipinski definition) is 0. The zero-order valence-corrected chi connectivity index (χ0v) is 16.3. The van der Waals surface area contributed by atoms with Gasteiger partial charge in [0.05, 0.1) is 36.3 Å². The van der Waals surface area contributed by atoms with Gasteiger partial charge in [-0.2, -0.15) is 0 Å². The Kier molecular flexibility index (Phi) is 4.90. The van der Waals surface area contributed by atoms with Crippen molar-refractivity contribution in [2.45, 2.75) is 12.8 Å². The Labute approximate surface area is 161 Å². The van der Waals surface area contributed by atoms with Gasteiger partial charge in [0.1, 0.15) is 5.75 Å². The van der Waals surface area contributed by atoms with Crippen molar-refractivity contribution in [3.63, 3.8) is 0 Å². The van der Waals surface area contributed by atoms with Gasteiger partial charge in [-0.25, -0.2) is 4.98 Å². The largest absolute Gasteiger partial charge is 0.497 e. The molecule has 4 rings (SSSR count). The monoisotopic (exact) mass is 389 g/mol. The number of ether oxygens (including phenoxy) is 2. The summed E-state index contributed by atoms with van der Waals surface area (Å²) in [5, 5.41) is 0.951. The Morgan fingerprint density at radius 3 is 2.56 bits per heavy atom. The molecule has 2 aliphatic rings. The number of hydrogen-bond acceptors (Lipinski definition) is 7. The summed E-state index contributed by atoms with van der Waals surface area (Å²) in [7, 11) is 3.07. The Morgan fingerprint density at radius 2 is 1.89 bits per heavy atom. The molecule has 27 heavy (non-hydrogen) atoms. The van der Waals surface area contributed by atoms with E-state index in [-0.39, 0.29) is 23.7 Å². The van der Waals surface area contributed by atoms with Crippen LogP contribution in [-0.2, 0) is 14.3 Å². The van der Waals surface area contributed by atoms with Gasteiger partial charge in [0.25, 0.3) is 0 Å². The first-order chi connectivity index (χ1) is 13.1. The summed E-state index contributed by atoms with van der Waals surface area (Å²) < 4.78 is 11.2. The van der Waals surface area contributed by atoms with Crippen LogP contribution in [0.25, 0.3) is 10.2 Å². The van der Waals surface area contributed by atoms with Gasteiger partial charge in [0.15, 0.2) is 5.13 Å². The van der Waals surface area contributed by atoms with Gasteiger partial charge in [0.2, 0.25) is 5.91 Å². The van der Waals surface area contributed by atoms with E-state index in [1.165, 1.54) is 7.11 Å².